The van der Waals surface area contributed by atoms with Gasteiger partial charge in [0.1, 0.15) is 5.75 Å². The molecule has 1 heterocycles. The van der Waals surface area contributed by atoms with Crippen LogP contribution in [-0.4, -0.2) is 48.7 Å². The zero-order valence-corrected chi connectivity index (χ0v) is 14.3. The molecule has 5 nitrogen and oxygen atoms in total. The van der Waals surface area contributed by atoms with Gasteiger partial charge in [-0.3, -0.25) is 4.79 Å². The van der Waals surface area contributed by atoms with Crippen molar-refractivity contribution in [3.63, 3.8) is 0 Å². The highest BCUT2D eigenvalue weighted by Gasteiger charge is 2.24. The number of hydrogen-bond acceptors (Lipinski definition) is 4. The molecule has 2 atom stereocenters. The highest BCUT2D eigenvalue weighted by atomic mass is 16.5. The Bertz CT molecular complexity index is 519. The second-order valence-corrected chi connectivity index (χ2v) is 6.60. The van der Waals surface area contributed by atoms with Gasteiger partial charge in [-0.05, 0) is 58.0 Å². The molecule has 5 heteroatoms. The van der Waals surface area contributed by atoms with E-state index in [4.69, 9.17) is 4.74 Å². The Kier molecular flexibility index (Phi) is 6.42. The highest BCUT2D eigenvalue weighted by Crippen LogP contribution is 2.20. The van der Waals surface area contributed by atoms with Crippen LogP contribution in [0, 0.1) is 5.92 Å². The number of amides is 1. The van der Waals surface area contributed by atoms with E-state index < -0.39 is 6.10 Å². The summed E-state index contributed by atoms with van der Waals surface area (Å²) >= 11 is 0. The molecule has 1 aromatic carbocycles. The van der Waals surface area contributed by atoms with E-state index in [0.717, 1.165) is 37.2 Å². The lowest BCUT2D eigenvalue weighted by Crippen LogP contribution is -2.42. The van der Waals surface area contributed by atoms with Gasteiger partial charge in [-0.2, -0.15) is 0 Å². The Balaban J connectivity index is 1.86. The molecule has 2 rings (SSSR count). The van der Waals surface area contributed by atoms with Crippen LogP contribution in [0.15, 0.2) is 24.3 Å². The van der Waals surface area contributed by atoms with Crippen LogP contribution in [0.5, 0.6) is 5.75 Å². The van der Waals surface area contributed by atoms with Crippen LogP contribution < -0.4 is 10.1 Å². The monoisotopic (exact) mass is 320 g/mol. The Morgan fingerprint density at radius 2 is 2.26 bits per heavy atom. The molecule has 128 valence electrons. The van der Waals surface area contributed by atoms with Crippen LogP contribution in [0.3, 0.4) is 0 Å². The van der Waals surface area contributed by atoms with Crippen molar-refractivity contribution in [1.29, 1.82) is 0 Å². The molecule has 0 bridgehead atoms. The van der Waals surface area contributed by atoms with E-state index in [1.165, 1.54) is 0 Å². The number of nitrogens with one attached hydrogen (secondary N) is 1. The van der Waals surface area contributed by atoms with Crippen molar-refractivity contribution < 1.29 is 14.6 Å². The number of hydrogen-bond donors (Lipinski definition) is 2. The first kappa shape index (κ1) is 17.8. The summed E-state index contributed by atoms with van der Waals surface area (Å²) in [5.41, 5.74) is 0.754. The summed E-state index contributed by atoms with van der Waals surface area (Å²) in [7, 11) is 2.04. The molecule has 0 aromatic heterocycles. The summed E-state index contributed by atoms with van der Waals surface area (Å²) < 4.78 is 5.63. The maximum Gasteiger partial charge on any atom is 0.224 e. The van der Waals surface area contributed by atoms with Gasteiger partial charge in [0, 0.05) is 13.1 Å². The van der Waals surface area contributed by atoms with Gasteiger partial charge in [0.2, 0.25) is 5.91 Å². The van der Waals surface area contributed by atoms with Crippen molar-refractivity contribution >= 4 is 5.91 Å². The second-order valence-electron chi connectivity index (χ2n) is 6.60. The standard InChI is InChI=1S/C18H28N2O3/c1-13(2)23-16-8-4-6-14(10-16)17(21)11-19-18(22)15-7-5-9-20(3)12-15/h4,6,8,10,13,15,17,21H,5,7,9,11-12H2,1-3H3,(H,19,22). The van der Waals surface area contributed by atoms with Crippen LogP contribution in [0.4, 0.5) is 0 Å². The third-order valence-corrected chi connectivity index (χ3v) is 4.08. The zero-order valence-electron chi connectivity index (χ0n) is 14.3. The summed E-state index contributed by atoms with van der Waals surface area (Å²) in [6.45, 7) is 5.99. The predicted molar refractivity (Wildman–Crippen MR) is 90.4 cm³/mol. The normalized spacial score (nSPS) is 20.3. The van der Waals surface area contributed by atoms with E-state index in [-0.39, 0.29) is 24.5 Å². The van der Waals surface area contributed by atoms with E-state index in [1.807, 2.05) is 45.2 Å². The topological polar surface area (TPSA) is 61.8 Å². The van der Waals surface area contributed by atoms with Gasteiger partial charge in [-0.1, -0.05) is 12.1 Å². The lowest BCUT2D eigenvalue weighted by molar-refractivity contribution is -0.127. The maximum absolute atomic E-state index is 12.2. The smallest absolute Gasteiger partial charge is 0.224 e. The molecule has 23 heavy (non-hydrogen) atoms. The number of benzene rings is 1. The molecule has 0 spiro atoms. The van der Waals surface area contributed by atoms with Crippen LogP contribution >= 0.6 is 0 Å². The quantitative estimate of drug-likeness (QED) is 0.841. The molecule has 1 aliphatic heterocycles. The van der Waals surface area contributed by atoms with Crippen LogP contribution in [-0.2, 0) is 4.79 Å². The lowest BCUT2D eigenvalue weighted by atomic mass is 9.97. The number of nitrogens with zero attached hydrogens (tertiary/aromatic N) is 1. The number of carbonyl (C=O) groups is 1. The van der Waals surface area contributed by atoms with Crippen molar-refractivity contribution in [3.8, 4) is 5.75 Å². The minimum Gasteiger partial charge on any atom is -0.491 e. The Morgan fingerprint density at radius 3 is 2.96 bits per heavy atom. The largest absolute Gasteiger partial charge is 0.491 e. The zero-order chi connectivity index (χ0) is 16.8. The van der Waals surface area contributed by atoms with Crippen molar-refractivity contribution in [2.45, 2.75) is 38.9 Å². The molecule has 1 fully saturated rings. The van der Waals surface area contributed by atoms with Crippen LogP contribution in [0.25, 0.3) is 0 Å². The summed E-state index contributed by atoms with van der Waals surface area (Å²) in [5.74, 6) is 0.790. The summed E-state index contributed by atoms with van der Waals surface area (Å²) in [6, 6.07) is 7.39. The number of rotatable bonds is 6. The first-order valence-electron chi connectivity index (χ1n) is 8.36. The minimum atomic E-state index is -0.726. The Hall–Kier alpha value is -1.59. The SMILES string of the molecule is CC(C)Oc1cccc(C(O)CNC(=O)C2CCCN(C)C2)c1. The van der Waals surface area contributed by atoms with Crippen molar-refractivity contribution in [3.05, 3.63) is 29.8 Å². The van der Waals surface area contributed by atoms with E-state index >= 15 is 0 Å². The number of carbonyl (C=O) groups excluding carboxylic acids is 1. The maximum atomic E-state index is 12.2. The van der Waals surface area contributed by atoms with Gasteiger partial charge in [-0.15, -0.1) is 0 Å². The number of aliphatic hydroxyl groups is 1. The fraction of sp³-hybridized carbons (Fsp3) is 0.611. The lowest BCUT2D eigenvalue weighted by Gasteiger charge is -2.29. The van der Waals surface area contributed by atoms with Crippen molar-refractivity contribution in [1.82, 2.24) is 10.2 Å². The van der Waals surface area contributed by atoms with E-state index in [0.29, 0.717) is 0 Å². The molecule has 1 amide bonds. The van der Waals surface area contributed by atoms with Crippen LogP contribution in [0.1, 0.15) is 38.4 Å². The predicted octanol–water partition coefficient (Wildman–Crippen LogP) is 1.97. The molecule has 1 aromatic rings. The van der Waals surface area contributed by atoms with Gasteiger partial charge in [-0.25, -0.2) is 0 Å². The average molecular weight is 320 g/mol. The number of piperidine rings is 1. The molecular weight excluding hydrogens is 292 g/mol. The molecule has 0 saturated carbocycles. The van der Waals surface area contributed by atoms with Gasteiger partial charge in [0.05, 0.1) is 18.1 Å². The minimum absolute atomic E-state index is 0.0246. The van der Waals surface area contributed by atoms with Crippen LogP contribution in [0.2, 0.25) is 0 Å². The van der Waals surface area contributed by atoms with Gasteiger partial charge < -0.3 is 20.1 Å². The fourth-order valence-corrected chi connectivity index (χ4v) is 2.91. The summed E-state index contributed by atoms with van der Waals surface area (Å²) in [5, 5.41) is 13.2. The highest BCUT2D eigenvalue weighted by molar-refractivity contribution is 5.79. The average Bonchev–Trinajstić information content (AvgIpc) is 2.52. The first-order valence-corrected chi connectivity index (χ1v) is 8.36. The van der Waals surface area contributed by atoms with E-state index in [9.17, 15) is 9.90 Å². The fourth-order valence-electron chi connectivity index (χ4n) is 2.91. The third kappa shape index (κ3) is 5.52. The van der Waals surface area contributed by atoms with Crippen molar-refractivity contribution in [2.24, 2.45) is 5.92 Å². The summed E-state index contributed by atoms with van der Waals surface area (Å²) in [6.07, 6.45) is 1.33. The second kappa shape index (κ2) is 8.31. The third-order valence-electron chi connectivity index (χ3n) is 4.08. The molecule has 2 unspecified atom stereocenters. The molecule has 2 N–H and O–H groups in total. The molecule has 0 aliphatic carbocycles. The first-order chi connectivity index (χ1) is 11.0. The molecule has 0 radical (unpaired) electrons. The van der Waals surface area contributed by atoms with Crippen molar-refractivity contribution in [2.75, 3.05) is 26.7 Å². The number of aliphatic hydroxyl groups excluding tert-OH is 1. The van der Waals surface area contributed by atoms with Gasteiger partial charge in [0.15, 0.2) is 0 Å². The van der Waals surface area contributed by atoms with Gasteiger partial charge >= 0.3 is 0 Å². The summed E-state index contributed by atoms with van der Waals surface area (Å²) in [4.78, 5) is 14.4. The van der Waals surface area contributed by atoms with E-state index in [1.54, 1.807) is 0 Å². The molecular formula is C18H28N2O3. The number of ether oxygens (including phenoxy) is 1. The Morgan fingerprint density at radius 1 is 1.48 bits per heavy atom. The number of likely N-dealkylation sites (tertiary alicyclic amines) is 1. The molecule has 1 saturated heterocycles. The van der Waals surface area contributed by atoms with Gasteiger partial charge in [0.25, 0.3) is 0 Å². The molecule has 1 aliphatic rings. The van der Waals surface area contributed by atoms with E-state index in [2.05, 4.69) is 10.2 Å². The Labute approximate surface area is 138 Å².